The van der Waals surface area contributed by atoms with E-state index in [1.807, 2.05) is 35.2 Å². The normalized spacial score (nSPS) is 21.3. The molecule has 2 atom stereocenters. The lowest BCUT2D eigenvalue weighted by Crippen LogP contribution is -2.66. The molecule has 0 spiro atoms. The molecule has 1 aromatic carbocycles. The first-order chi connectivity index (χ1) is 14.5. The molecule has 0 aliphatic carbocycles. The number of methoxy groups -OCH3 is 2. The number of β-lactam (4-membered cyclic amide) rings is 1. The van der Waals surface area contributed by atoms with E-state index in [-0.39, 0.29) is 23.6 Å². The van der Waals surface area contributed by atoms with Gasteiger partial charge < -0.3 is 23.7 Å². The zero-order valence-electron chi connectivity index (χ0n) is 17.3. The van der Waals surface area contributed by atoms with E-state index in [1.165, 1.54) is 6.39 Å². The van der Waals surface area contributed by atoms with E-state index >= 15 is 0 Å². The van der Waals surface area contributed by atoms with Crippen molar-refractivity contribution in [3.05, 3.63) is 59.3 Å². The molecule has 30 heavy (non-hydrogen) atoms. The SMILES string of the molecule is COc1ccc(CN2C(=O)[C@H](OC)[C@@H]2C2=CCN(C(=O)c3ocnc3C)CC2)cc1. The molecular formula is C22H25N3O5. The van der Waals surface area contributed by atoms with Crippen LogP contribution in [0.15, 0.2) is 46.7 Å². The second kappa shape index (κ2) is 8.31. The summed E-state index contributed by atoms with van der Waals surface area (Å²) in [5, 5.41) is 0. The van der Waals surface area contributed by atoms with Gasteiger partial charge in [0.15, 0.2) is 12.5 Å². The van der Waals surface area contributed by atoms with Crippen molar-refractivity contribution >= 4 is 11.8 Å². The van der Waals surface area contributed by atoms with Crippen LogP contribution in [-0.4, -0.2) is 66.1 Å². The fourth-order valence-corrected chi connectivity index (χ4v) is 4.03. The molecule has 1 saturated heterocycles. The Morgan fingerprint density at radius 1 is 1.27 bits per heavy atom. The Balaban J connectivity index is 1.46. The molecule has 1 aromatic heterocycles. The zero-order chi connectivity index (χ0) is 21.3. The Bertz CT molecular complexity index is 965. The first kappa shape index (κ1) is 20.2. The largest absolute Gasteiger partial charge is 0.497 e. The third-order valence-corrected chi connectivity index (χ3v) is 5.77. The number of rotatable bonds is 6. The molecule has 3 heterocycles. The van der Waals surface area contributed by atoms with E-state index < -0.39 is 6.10 Å². The minimum Gasteiger partial charge on any atom is -0.497 e. The number of hydrogen-bond acceptors (Lipinski definition) is 6. The van der Waals surface area contributed by atoms with Gasteiger partial charge in [-0.05, 0) is 36.6 Å². The summed E-state index contributed by atoms with van der Waals surface area (Å²) >= 11 is 0. The third-order valence-electron chi connectivity index (χ3n) is 5.77. The fourth-order valence-electron chi connectivity index (χ4n) is 4.03. The standard InChI is InChI=1S/C22H25N3O5/c1-14-19(30-13-23-14)21(26)24-10-8-16(9-11-24)18-20(29-3)22(27)25(18)12-15-4-6-17(28-2)7-5-15/h4-8,13,18,20H,9-12H2,1-3H3/t18-,20+/m0/s1. The molecule has 2 aliphatic rings. The van der Waals surface area contributed by atoms with Crippen LogP contribution in [0.4, 0.5) is 0 Å². The predicted molar refractivity (Wildman–Crippen MR) is 108 cm³/mol. The molecule has 2 aliphatic heterocycles. The number of benzene rings is 1. The molecule has 0 unspecified atom stereocenters. The summed E-state index contributed by atoms with van der Waals surface area (Å²) in [5.41, 5.74) is 2.73. The van der Waals surface area contributed by atoms with Gasteiger partial charge in [-0.25, -0.2) is 4.98 Å². The molecule has 2 aromatic rings. The number of likely N-dealkylation sites (tertiary alicyclic amines) is 1. The maximum absolute atomic E-state index is 12.6. The molecule has 2 amide bonds. The molecular weight excluding hydrogens is 386 g/mol. The van der Waals surface area contributed by atoms with Crippen molar-refractivity contribution in [2.75, 3.05) is 27.3 Å². The number of carbonyl (C=O) groups is 2. The van der Waals surface area contributed by atoms with Crippen molar-refractivity contribution in [2.24, 2.45) is 0 Å². The second-order valence-electron chi connectivity index (χ2n) is 7.46. The average Bonchev–Trinajstić information content (AvgIpc) is 3.21. The van der Waals surface area contributed by atoms with E-state index in [4.69, 9.17) is 13.9 Å². The Kier molecular flexibility index (Phi) is 5.59. The van der Waals surface area contributed by atoms with Crippen molar-refractivity contribution < 1.29 is 23.5 Å². The lowest BCUT2D eigenvalue weighted by atomic mass is 9.86. The van der Waals surface area contributed by atoms with Crippen LogP contribution in [0.1, 0.15) is 28.2 Å². The molecule has 4 rings (SSSR count). The average molecular weight is 411 g/mol. The monoisotopic (exact) mass is 411 g/mol. The lowest BCUT2D eigenvalue weighted by molar-refractivity contribution is -0.168. The highest BCUT2D eigenvalue weighted by atomic mass is 16.5. The van der Waals surface area contributed by atoms with Gasteiger partial charge in [0.05, 0.1) is 18.8 Å². The van der Waals surface area contributed by atoms with E-state index in [2.05, 4.69) is 4.98 Å². The first-order valence-electron chi connectivity index (χ1n) is 9.88. The van der Waals surface area contributed by atoms with E-state index in [0.717, 1.165) is 16.9 Å². The van der Waals surface area contributed by atoms with Crippen LogP contribution in [0.5, 0.6) is 5.75 Å². The van der Waals surface area contributed by atoms with Crippen molar-refractivity contribution in [2.45, 2.75) is 32.0 Å². The second-order valence-corrected chi connectivity index (χ2v) is 7.46. The minimum atomic E-state index is -0.478. The molecule has 1 fully saturated rings. The highest BCUT2D eigenvalue weighted by Gasteiger charge is 2.49. The van der Waals surface area contributed by atoms with Gasteiger partial charge in [-0.3, -0.25) is 9.59 Å². The number of amides is 2. The summed E-state index contributed by atoms with van der Waals surface area (Å²) in [6.45, 7) is 3.28. The maximum Gasteiger partial charge on any atom is 0.291 e. The van der Waals surface area contributed by atoms with Crippen molar-refractivity contribution in [3.8, 4) is 5.75 Å². The molecule has 8 heteroatoms. The molecule has 0 bridgehead atoms. The van der Waals surface area contributed by atoms with Crippen LogP contribution in [0, 0.1) is 6.92 Å². The van der Waals surface area contributed by atoms with Crippen LogP contribution in [-0.2, 0) is 16.1 Å². The van der Waals surface area contributed by atoms with Gasteiger partial charge in [0, 0.05) is 26.7 Å². The predicted octanol–water partition coefficient (Wildman–Crippen LogP) is 2.19. The number of aromatic nitrogens is 1. The minimum absolute atomic E-state index is 0.0185. The van der Waals surface area contributed by atoms with Gasteiger partial charge in [-0.1, -0.05) is 18.2 Å². The maximum atomic E-state index is 12.6. The molecule has 0 N–H and O–H groups in total. The highest BCUT2D eigenvalue weighted by molar-refractivity contribution is 5.93. The summed E-state index contributed by atoms with van der Waals surface area (Å²) in [6, 6.07) is 7.57. The lowest BCUT2D eigenvalue weighted by Gasteiger charge is -2.48. The van der Waals surface area contributed by atoms with Gasteiger partial charge in [-0.15, -0.1) is 0 Å². The summed E-state index contributed by atoms with van der Waals surface area (Å²) in [6.07, 6.45) is 3.51. The van der Waals surface area contributed by atoms with E-state index in [9.17, 15) is 9.59 Å². The molecule has 158 valence electrons. The molecule has 8 nitrogen and oxygen atoms in total. The summed E-state index contributed by atoms with van der Waals surface area (Å²) in [7, 11) is 3.19. The summed E-state index contributed by atoms with van der Waals surface area (Å²) < 4.78 is 15.9. The third kappa shape index (κ3) is 3.59. The molecule has 0 radical (unpaired) electrons. The Morgan fingerprint density at radius 2 is 2.03 bits per heavy atom. The topological polar surface area (TPSA) is 85.1 Å². The van der Waals surface area contributed by atoms with Crippen LogP contribution in [0.2, 0.25) is 0 Å². The van der Waals surface area contributed by atoms with Gasteiger partial charge in [0.2, 0.25) is 5.76 Å². The zero-order valence-corrected chi connectivity index (χ0v) is 17.3. The number of nitrogens with zero attached hydrogens (tertiary/aromatic N) is 3. The van der Waals surface area contributed by atoms with Gasteiger partial charge >= 0.3 is 0 Å². The number of hydrogen-bond donors (Lipinski definition) is 0. The van der Waals surface area contributed by atoms with Crippen LogP contribution in [0.25, 0.3) is 0 Å². The van der Waals surface area contributed by atoms with Crippen molar-refractivity contribution in [1.29, 1.82) is 0 Å². The van der Waals surface area contributed by atoms with Gasteiger partial charge in [-0.2, -0.15) is 0 Å². The summed E-state index contributed by atoms with van der Waals surface area (Å²) in [5.74, 6) is 0.877. The van der Waals surface area contributed by atoms with Crippen LogP contribution in [0.3, 0.4) is 0 Å². The fraction of sp³-hybridized carbons (Fsp3) is 0.409. The number of oxazole rings is 1. The number of ether oxygens (including phenoxy) is 2. The van der Waals surface area contributed by atoms with Gasteiger partial charge in [0.25, 0.3) is 11.8 Å². The van der Waals surface area contributed by atoms with Crippen molar-refractivity contribution in [3.63, 3.8) is 0 Å². The van der Waals surface area contributed by atoms with Gasteiger partial charge in [0.1, 0.15) is 5.75 Å². The van der Waals surface area contributed by atoms with Crippen LogP contribution < -0.4 is 4.74 Å². The number of carbonyl (C=O) groups excluding carboxylic acids is 2. The first-order valence-corrected chi connectivity index (χ1v) is 9.88. The molecule has 0 saturated carbocycles. The Labute approximate surface area is 175 Å². The Morgan fingerprint density at radius 3 is 2.60 bits per heavy atom. The quantitative estimate of drug-likeness (QED) is 0.535. The smallest absolute Gasteiger partial charge is 0.291 e. The van der Waals surface area contributed by atoms with Crippen molar-refractivity contribution in [1.82, 2.24) is 14.8 Å². The highest BCUT2D eigenvalue weighted by Crippen LogP contribution is 2.33. The summed E-state index contributed by atoms with van der Waals surface area (Å²) in [4.78, 5) is 32.8. The van der Waals surface area contributed by atoms with Crippen LogP contribution >= 0.6 is 0 Å². The van der Waals surface area contributed by atoms with E-state index in [1.54, 1.807) is 26.0 Å². The Hall–Kier alpha value is -3.13. The van der Waals surface area contributed by atoms with E-state index in [0.29, 0.717) is 31.7 Å². The number of aryl methyl sites for hydroxylation is 1.